The fourth-order valence-corrected chi connectivity index (χ4v) is 2.35. The summed E-state index contributed by atoms with van der Waals surface area (Å²) in [4.78, 5) is 21.6. The SMILES string of the molecule is Cc1cc(/C=N\NC(=O)C(N)=O)c(C)n1-c1cccc(C(F)(F)F)c1. The highest BCUT2D eigenvalue weighted by molar-refractivity contribution is 6.34. The number of alkyl halides is 3. The van der Waals surface area contributed by atoms with Gasteiger partial charge < -0.3 is 10.3 Å². The van der Waals surface area contributed by atoms with Crippen molar-refractivity contribution in [2.75, 3.05) is 0 Å². The third kappa shape index (κ3) is 4.06. The summed E-state index contributed by atoms with van der Waals surface area (Å²) in [5.74, 6) is -2.24. The van der Waals surface area contributed by atoms with E-state index < -0.39 is 23.6 Å². The van der Waals surface area contributed by atoms with Crippen LogP contribution >= 0.6 is 0 Å². The molecule has 6 nitrogen and oxygen atoms in total. The fourth-order valence-electron chi connectivity index (χ4n) is 2.35. The van der Waals surface area contributed by atoms with Crippen LogP contribution in [0.25, 0.3) is 5.69 Å². The number of hydrogen-bond acceptors (Lipinski definition) is 3. The first-order chi connectivity index (χ1) is 11.6. The molecule has 1 aromatic carbocycles. The Morgan fingerprint density at radius 2 is 1.92 bits per heavy atom. The van der Waals surface area contributed by atoms with Crippen molar-refractivity contribution in [1.29, 1.82) is 0 Å². The third-order valence-electron chi connectivity index (χ3n) is 3.50. The summed E-state index contributed by atoms with van der Waals surface area (Å²) < 4.78 is 40.3. The summed E-state index contributed by atoms with van der Waals surface area (Å²) in [6.45, 7) is 3.43. The van der Waals surface area contributed by atoms with Crippen molar-refractivity contribution >= 4 is 18.0 Å². The van der Waals surface area contributed by atoms with Crippen molar-refractivity contribution in [3.63, 3.8) is 0 Å². The Bertz CT molecular complexity index is 854. The van der Waals surface area contributed by atoms with Gasteiger partial charge in [0.05, 0.1) is 11.8 Å². The lowest BCUT2D eigenvalue weighted by Crippen LogP contribution is -2.32. The maximum absolute atomic E-state index is 12.9. The summed E-state index contributed by atoms with van der Waals surface area (Å²) >= 11 is 0. The van der Waals surface area contributed by atoms with Gasteiger partial charge in [0, 0.05) is 22.6 Å². The van der Waals surface area contributed by atoms with E-state index in [1.54, 1.807) is 30.5 Å². The molecule has 0 unspecified atom stereocenters. The molecule has 0 radical (unpaired) electrons. The van der Waals surface area contributed by atoms with Gasteiger partial charge in [0.2, 0.25) is 0 Å². The first kappa shape index (κ1) is 18.2. The number of hydrogen-bond donors (Lipinski definition) is 2. The number of hydrazone groups is 1. The molecule has 0 spiro atoms. The second-order valence-corrected chi connectivity index (χ2v) is 5.27. The molecule has 0 aliphatic rings. The zero-order valence-corrected chi connectivity index (χ0v) is 13.4. The molecule has 2 rings (SSSR count). The first-order valence-corrected chi connectivity index (χ1v) is 7.10. The second kappa shape index (κ2) is 6.80. The Morgan fingerprint density at radius 1 is 1.24 bits per heavy atom. The fraction of sp³-hybridized carbons (Fsp3) is 0.188. The molecule has 9 heteroatoms. The number of benzene rings is 1. The number of nitrogens with two attached hydrogens (primary N) is 1. The molecule has 0 saturated carbocycles. The maximum Gasteiger partial charge on any atom is 0.416 e. The zero-order valence-electron chi connectivity index (χ0n) is 13.4. The lowest BCUT2D eigenvalue weighted by Gasteiger charge is -2.13. The van der Waals surface area contributed by atoms with Gasteiger partial charge in [-0.2, -0.15) is 18.3 Å². The summed E-state index contributed by atoms with van der Waals surface area (Å²) in [6.07, 6.45) is -3.15. The molecule has 2 amide bonds. The molecule has 25 heavy (non-hydrogen) atoms. The molecule has 1 aromatic heterocycles. The third-order valence-corrected chi connectivity index (χ3v) is 3.50. The number of nitrogens with zero attached hydrogens (tertiary/aromatic N) is 2. The lowest BCUT2D eigenvalue weighted by atomic mass is 10.2. The van der Waals surface area contributed by atoms with Gasteiger partial charge in [0.1, 0.15) is 0 Å². The maximum atomic E-state index is 12.9. The predicted molar refractivity (Wildman–Crippen MR) is 85.2 cm³/mol. The minimum absolute atomic E-state index is 0.352. The van der Waals surface area contributed by atoms with E-state index in [2.05, 4.69) is 5.10 Å². The molecule has 1 heterocycles. The van der Waals surface area contributed by atoms with Gasteiger partial charge in [-0.3, -0.25) is 9.59 Å². The Balaban J connectivity index is 2.36. The summed E-state index contributed by atoms with van der Waals surface area (Å²) in [7, 11) is 0. The molecule has 0 aliphatic heterocycles. The van der Waals surface area contributed by atoms with Crippen LogP contribution in [0.1, 0.15) is 22.5 Å². The van der Waals surface area contributed by atoms with E-state index in [0.29, 0.717) is 22.6 Å². The van der Waals surface area contributed by atoms with Crippen LogP contribution in [0, 0.1) is 13.8 Å². The van der Waals surface area contributed by atoms with Gasteiger partial charge in [-0.25, -0.2) is 5.43 Å². The summed E-state index contributed by atoms with van der Waals surface area (Å²) in [6, 6.07) is 6.63. The Hall–Kier alpha value is -3.10. The normalized spacial score (nSPS) is 11.7. The molecule has 0 atom stereocenters. The van der Waals surface area contributed by atoms with Crippen molar-refractivity contribution in [2.45, 2.75) is 20.0 Å². The number of carbonyl (C=O) groups is 2. The van der Waals surface area contributed by atoms with Crippen LogP contribution in [0.2, 0.25) is 0 Å². The lowest BCUT2D eigenvalue weighted by molar-refractivity contribution is -0.137. The number of primary amides is 1. The molecule has 0 fully saturated rings. The highest BCUT2D eigenvalue weighted by atomic mass is 19.4. The predicted octanol–water partition coefficient (Wildman–Crippen LogP) is 2.05. The number of aryl methyl sites for hydroxylation is 1. The van der Waals surface area contributed by atoms with Gasteiger partial charge in [-0.05, 0) is 38.1 Å². The number of rotatable bonds is 3. The van der Waals surface area contributed by atoms with Crippen molar-refractivity contribution in [3.05, 3.63) is 52.8 Å². The van der Waals surface area contributed by atoms with Crippen molar-refractivity contribution in [3.8, 4) is 5.69 Å². The quantitative estimate of drug-likeness (QED) is 0.503. The molecular weight excluding hydrogens is 337 g/mol. The molecule has 0 bridgehead atoms. The van der Waals surface area contributed by atoms with Crippen molar-refractivity contribution < 1.29 is 22.8 Å². The van der Waals surface area contributed by atoms with Crippen molar-refractivity contribution in [1.82, 2.24) is 9.99 Å². The van der Waals surface area contributed by atoms with E-state index >= 15 is 0 Å². The van der Waals surface area contributed by atoms with E-state index in [4.69, 9.17) is 5.73 Å². The minimum atomic E-state index is -4.44. The van der Waals surface area contributed by atoms with Gasteiger partial charge >= 0.3 is 18.0 Å². The number of carbonyl (C=O) groups excluding carboxylic acids is 2. The average Bonchev–Trinajstić information content (AvgIpc) is 2.80. The Morgan fingerprint density at radius 3 is 2.52 bits per heavy atom. The van der Waals surface area contributed by atoms with Crippen LogP contribution in [0.3, 0.4) is 0 Å². The van der Waals surface area contributed by atoms with E-state index in [1.807, 2.05) is 5.43 Å². The molecule has 3 N–H and O–H groups in total. The first-order valence-electron chi connectivity index (χ1n) is 7.10. The number of halogens is 3. The van der Waals surface area contributed by atoms with Gasteiger partial charge in [0.15, 0.2) is 0 Å². The molecule has 0 saturated heterocycles. The monoisotopic (exact) mass is 352 g/mol. The van der Waals surface area contributed by atoms with Gasteiger partial charge in [0.25, 0.3) is 0 Å². The molecule has 0 aliphatic carbocycles. The standard InChI is InChI=1S/C16H15F3N4O2/c1-9-6-11(8-21-22-15(25)14(20)24)10(2)23(9)13-5-3-4-12(7-13)16(17,18)19/h3-8H,1-2H3,(H2,20,24)(H,22,25)/b21-8-. The zero-order chi connectivity index (χ0) is 18.8. The van der Waals surface area contributed by atoms with Crippen LogP contribution in [0.15, 0.2) is 35.4 Å². The largest absolute Gasteiger partial charge is 0.416 e. The number of amides is 2. The smallest absolute Gasteiger partial charge is 0.361 e. The Kier molecular flexibility index (Phi) is 4.96. The molecule has 2 aromatic rings. The highest BCUT2D eigenvalue weighted by Gasteiger charge is 2.30. The van der Waals surface area contributed by atoms with Crippen LogP contribution in [0.5, 0.6) is 0 Å². The minimum Gasteiger partial charge on any atom is -0.361 e. The van der Waals surface area contributed by atoms with Gasteiger partial charge in [-0.15, -0.1) is 0 Å². The Labute approximate surface area is 141 Å². The van der Waals surface area contributed by atoms with Crippen LogP contribution in [-0.4, -0.2) is 22.6 Å². The van der Waals surface area contributed by atoms with Crippen LogP contribution < -0.4 is 11.2 Å². The van der Waals surface area contributed by atoms with E-state index in [-0.39, 0.29) is 0 Å². The highest BCUT2D eigenvalue weighted by Crippen LogP contribution is 2.31. The van der Waals surface area contributed by atoms with Crippen LogP contribution in [0.4, 0.5) is 13.2 Å². The molecular formula is C16H15F3N4O2. The van der Waals surface area contributed by atoms with Crippen molar-refractivity contribution in [2.24, 2.45) is 10.8 Å². The average molecular weight is 352 g/mol. The van der Waals surface area contributed by atoms with E-state index in [1.165, 1.54) is 12.3 Å². The number of aromatic nitrogens is 1. The summed E-state index contributed by atoms with van der Waals surface area (Å²) in [5, 5.41) is 3.61. The summed E-state index contributed by atoms with van der Waals surface area (Å²) in [5.41, 5.74) is 8.20. The second-order valence-electron chi connectivity index (χ2n) is 5.27. The topological polar surface area (TPSA) is 89.5 Å². The number of nitrogens with one attached hydrogen (secondary N) is 1. The van der Waals surface area contributed by atoms with E-state index in [9.17, 15) is 22.8 Å². The molecule has 132 valence electrons. The van der Waals surface area contributed by atoms with E-state index in [0.717, 1.165) is 12.1 Å². The van der Waals surface area contributed by atoms with Gasteiger partial charge in [-0.1, -0.05) is 6.07 Å². The van der Waals surface area contributed by atoms with Crippen LogP contribution in [-0.2, 0) is 15.8 Å².